The van der Waals surface area contributed by atoms with Crippen molar-refractivity contribution in [3.05, 3.63) is 64.2 Å². The number of anilines is 2. The predicted octanol–water partition coefficient (Wildman–Crippen LogP) is 2.77. The van der Waals surface area contributed by atoms with Crippen molar-refractivity contribution in [3.8, 4) is 0 Å². The number of sulfone groups is 1. The molecule has 2 aromatic carbocycles. The summed E-state index contributed by atoms with van der Waals surface area (Å²) in [5, 5.41) is 11.1. The van der Waals surface area contributed by atoms with Gasteiger partial charge in [-0.15, -0.1) is 0 Å². The fourth-order valence-corrected chi connectivity index (χ4v) is 5.88. The zero-order valence-electron chi connectivity index (χ0n) is 15.2. The summed E-state index contributed by atoms with van der Waals surface area (Å²) in [7, 11) is -3.32. The monoisotopic (exact) mass is 401 g/mol. The number of hydrogen-bond acceptors (Lipinski definition) is 5. The van der Waals surface area contributed by atoms with E-state index in [-0.39, 0.29) is 23.2 Å². The van der Waals surface area contributed by atoms with E-state index >= 15 is 0 Å². The quantitative estimate of drug-likeness (QED) is 0.445. The van der Waals surface area contributed by atoms with Crippen molar-refractivity contribution in [2.75, 3.05) is 21.3 Å². The second-order valence-corrected chi connectivity index (χ2v) is 9.18. The van der Waals surface area contributed by atoms with Crippen LogP contribution >= 0.6 is 0 Å². The van der Waals surface area contributed by atoms with Gasteiger partial charge in [0.2, 0.25) is 0 Å². The van der Waals surface area contributed by atoms with Gasteiger partial charge in [-0.2, -0.15) is 0 Å². The molecule has 2 amide bonds. The molecule has 9 heteroatoms. The van der Waals surface area contributed by atoms with Gasteiger partial charge in [0.1, 0.15) is 0 Å². The Morgan fingerprint density at radius 2 is 1.64 bits per heavy atom. The smallest absolute Gasteiger partial charge is 0.288 e. The van der Waals surface area contributed by atoms with Crippen molar-refractivity contribution in [2.24, 2.45) is 0 Å². The second kappa shape index (κ2) is 6.59. The number of nitro benzene ring substituents is 1. The highest BCUT2D eigenvalue weighted by Crippen LogP contribution is 2.38. The molecule has 0 N–H and O–H groups in total. The van der Waals surface area contributed by atoms with Gasteiger partial charge in [-0.3, -0.25) is 19.9 Å². The minimum atomic E-state index is -3.32. The third-order valence-corrected chi connectivity index (χ3v) is 7.01. The Labute approximate surface area is 162 Å². The molecule has 0 radical (unpaired) electrons. The topological polar surface area (TPSA) is 101 Å². The van der Waals surface area contributed by atoms with Gasteiger partial charge >= 0.3 is 6.03 Å². The molecule has 0 aromatic heterocycles. The van der Waals surface area contributed by atoms with Gasteiger partial charge in [0.25, 0.3) is 5.69 Å². The van der Waals surface area contributed by atoms with Gasteiger partial charge in [0.15, 0.2) is 9.84 Å². The SMILES string of the molecule is CCc1ccc(N2C(=O)N(c3cccc([N+](=O)[O-])c3)[C@H]3CS(=O)(=O)C[C@@H]32)cc1. The van der Waals surface area contributed by atoms with E-state index in [2.05, 4.69) is 0 Å². The summed E-state index contributed by atoms with van der Waals surface area (Å²) in [5.74, 6) is -0.278. The molecule has 0 unspecified atom stereocenters. The lowest BCUT2D eigenvalue weighted by Gasteiger charge is -2.22. The van der Waals surface area contributed by atoms with Gasteiger partial charge in [-0.05, 0) is 30.2 Å². The average Bonchev–Trinajstić information content (AvgIpc) is 3.10. The number of rotatable bonds is 4. The number of urea groups is 1. The molecular weight excluding hydrogens is 382 g/mol. The lowest BCUT2D eigenvalue weighted by molar-refractivity contribution is -0.384. The van der Waals surface area contributed by atoms with Gasteiger partial charge in [0.05, 0.1) is 34.2 Å². The van der Waals surface area contributed by atoms with Crippen LogP contribution in [0.1, 0.15) is 12.5 Å². The minimum absolute atomic E-state index is 0.121. The molecule has 2 fully saturated rings. The molecule has 2 atom stereocenters. The number of carbonyl (C=O) groups excluding carboxylic acids is 1. The van der Waals surface area contributed by atoms with Crippen molar-refractivity contribution >= 4 is 32.9 Å². The maximum absolute atomic E-state index is 13.3. The molecule has 28 heavy (non-hydrogen) atoms. The molecule has 2 aliphatic rings. The van der Waals surface area contributed by atoms with Crippen LogP contribution in [0.5, 0.6) is 0 Å². The Morgan fingerprint density at radius 1 is 1.04 bits per heavy atom. The summed E-state index contributed by atoms with van der Waals surface area (Å²) in [6.07, 6.45) is 0.856. The number of non-ortho nitro benzene ring substituents is 1. The molecule has 146 valence electrons. The van der Waals surface area contributed by atoms with E-state index in [4.69, 9.17) is 0 Å². The molecule has 0 spiro atoms. The van der Waals surface area contributed by atoms with Crippen LogP contribution in [0.2, 0.25) is 0 Å². The van der Waals surface area contributed by atoms with Crippen LogP contribution in [0.15, 0.2) is 48.5 Å². The van der Waals surface area contributed by atoms with Crippen LogP contribution in [0.3, 0.4) is 0 Å². The van der Waals surface area contributed by atoms with Crippen LogP contribution in [-0.2, 0) is 16.3 Å². The standard InChI is InChI=1S/C19H19N3O5S/c1-2-13-6-8-14(9-7-13)20-17-11-28(26,27)12-18(17)21(19(20)23)15-4-3-5-16(10-15)22(24)25/h3-10,17-18H,2,11-12H2,1H3/t17-,18-/m0/s1. The number of aryl methyl sites for hydroxylation is 1. The first-order valence-corrected chi connectivity index (χ1v) is 10.8. The number of benzene rings is 2. The number of amides is 2. The van der Waals surface area contributed by atoms with E-state index in [0.29, 0.717) is 11.4 Å². The van der Waals surface area contributed by atoms with E-state index < -0.39 is 26.8 Å². The molecule has 2 saturated heterocycles. The number of nitro groups is 1. The first-order valence-electron chi connectivity index (χ1n) is 8.97. The molecule has 2 aromatic rings. The van der Waals surface area contributed by atoms with Crippen molar-refractivity contribution in [2.45, 2.75) is 25.4 Å². The van der Waals surface area contributed by atoms with Crippen molar-refractivity contribution in [1.29, 1.82) is 0 Å². The van der Waals surface area contributed by atoms with E-state index in [0.717, 1.165) is 12.0 Å². The first-order chi connectivity index (χ1) is 13.3. The third kappa shape index (κ3) is 3.01. The molecule has 8 nitrogen and oxygen atoms in total. The normalized spacial score (nSPS) is 23.1. The van der Waals surface area contributed by atoms with Crippen LogP contribution in [0, 0.1) is 10.1 Å². The van der Waals surface area contributed by atoms with Crippen LogP contribution in [-0.4, -0.2) is 43.0 Å². The lowest BCUT2D eigenvalue weighted by Crippen LogP contribution is -2.37. The summed E-state index contributed by atoms with van der Waals surface area (Å²) in [6.45, 7) is 2.03. The summed E-state index contributed by atoms with van der Waals surface area (Å²) in [4.78, 5) is 26.7. The second-order valence-electron chi connectivity index (χ2n) is 7.03. The van der Waals surface area contributed by atoms with Gasteiger partial charge in [-0.25, -0.2) is 13.2 Å². The molecule has 0 bridgehead atoms. The van der Waals surface area contributed by atoms with E-state index in [1.807, 2.05) is 31.2 Å². The Kier molecular flexibility index (Phi) is 4.34. The minimum Gasteiger partial charge on any atom is -0.288 e. The van der Waals surface area contributed by atoms with E-state index in [9.17, 15) is 23.3 Å². The Hall–Kier alpha value is -2.94. The number of nitrogens with zero attached hydrogens (tertiary/aromatic N) is 3. The van der Waals surface area contributed by atoms with Crippen LogP contribution in [0.4, 0.5) is 21.9 Å². The van der Waals surface area contributed by atoms with Crippen LogP contribution in [0.25, 0.3) is 0 Å². The highest BCUT2D eigenvalue weighted by Gasteiger charge is 2.54. The molecule has 0 aliphatic carbocycles. The number of hydrogen-bond donors (Lipinski definition) is 0. The zero-order chi connectivity index (χ0) is 20.1. The largest absolute Gasteiger partial charge is 0.329 e. The van der Waals surface area contributed by atoms with Gasteiger partial charge < -0.3 is 0 Å². The van der Waals surface area contributed by atoms with Crippen molar-refractivity contribution < 1.29 is 18.1 Å². The summed E-state index contributed by atoms with van der Waals surface area (Å²) >= 11 is 0. The Bertz CT molecular complexity index is 1050. The van der Waals surface area contributed by atoms with Crippen molar-refractivity contribution in [3.63, 3.8) is 0 Å². The maximum atomic E-state index is 13.3. The van der Waals surface area contributed by atoms with E-state index in [1.54, 1.807) is 6.07 Å². The number of fused-ring (bicyclic) bond motifs is 1. The van der Waals surface area contributed by atoms with Gasteiger partial charge in [-0.1, -0.05) is 25.1 Å². The predicted molar refractivity (Wildman–Crippen MR) is 106 cm³/mol. The fraction of sp³-hybridized carbons (Fsp3) is 0.316. The summed E-state index contributed by atoms with van der Waals surface area (Å²) in [6, 6.07) is 11.7. The Morgan fingerprint density at radius 3 is 2.21 bits per heavy atom. The molecule has 4 rings (SSSR count). The highest BCUT2D eigenvalue weighted by atomic mass is 32.2. The maximum Gasteiger partial charge on any atom is 0.329 e. The molecule has 2 heterocycles. The summed E-state index contributed by atoms with van der Waals surface area (Å²) in [5.41, 5.74) is 1.93. The zero-order valence-corrected chi connectivity index (χ0v) is 16.0. The fourth-order valence-electron chi connectivity index (χ4n) is 3.96. The lowest BCUT2D eigenvalue weighted by atomic mass is 10.1. The Balaban J connectivity index is 1.78. The third-order valence-electron chi connectivity index (χ3n) is 5.31. The molecule has 2 aliphatic heterocycles. The van der Waals surface area contributed by atoms with Gasteiger partial charge in [0, 0.05) is 17.8 Å². The molecule has 0 saturated carbocycles. The first kappa shape index (κ1) is 18.4. The summed E-state index contributed by atoms with van der Waals surface area (Å²) < 4.78 is 24.6. The number of carbonyl (C=O) groups is 1. The highest BCUT2D eigenvalue weighted by molar-refractivity contribution is 7.91. The van der Waals surface area contributed by atoms with Crippen LogP contribution < -0.4 is 9.80 Å². The van der Waals surface area contributed by atoms with E-state index in [1.165, 1.54) is 28.0 Å². The van der Waals surface area contributed by atoms with Crippen molar-refractivity contribution in [1.82, 2.24) is 0 Å². The molecular formula is C19H19N3O5S. The average molecular weight is 401 g/mol.